The van der Waals surface area contributed by atoms with E-state index in [-0.39, 0.29) is 5.82 Å². The van der Waals surface area contributed by atoms with Crippen molar-refractivity contribution in [2.24, 2.45) is 0 Å². The summed E-state index contributed by atoms with van der Waals surface area (Å²) in [4.78, 5) is 0. The lowest BCUT2D eigenvalue weighted by Crippen LogP contribution is -2.04. The summed E-state index contributed by atoms with van der Waals surface area (Å²) in [6.45, 7) is 1.79. The van der Waals surface area contributed by atoms with Crippen LogP contribution in [0.15, 0.2) is 36.4 Å². The Morgan fingerprint density at radius 1 is 1.05 bits per heavy atom. The third kappa shape index (κ3) is 3.52. The Labute approximate surface area is 124 Å². The Kier molecular flexibility index (Phi) is 4.81. The summed E-state index contributed by atoms with van der Waals surface area (Å²) in [5.41, 5.74) is 2.39. The van der Waals surface area contributed by atoms with Gasteiger partial charge in [-0.2, -0.15) is 0 Å². The van der Waals surface area contributed by atoms with E-state index in [4.69, 9.17) is 9.47 Å². The summed E-state index contributed by atoms with van der Waals surface area (Å²) >= 11 is 0. The van der Waals surface area contributed by atoms with E-state index in [1.807, 2.05) is 12.1 Å². The van der Waals surface area contributed by atoms with Crippen molar-refractivity contribution < 1.29 is 19.0 Å². The molecule has 0 aliphatic carbocycles. The molecule has 1 atom stereocenters. The van der Waals surface area contributed by atoms with Crippen LogP contribution < -0.4 is 9.47 Å². The van der Waals surface area contributed by atoms with Gasteiger partial charge in [0.1, 0.15) is 5.82 Å². The summed E-state index contributed by atoms with van der Waals surface area (Å²) in [5.74, 6) is 0.973. The highest BCUT2D eigenvalue weighted by atomic mass is 19.1. The zero-order chi connectivity index (χ0) is 15.4. The zero-order valence-corrected chi connectivity index (χ0v) is 12.4. The number of hydrogen-bond donors (Lipinski definition) is 1. The van der Waals surface area contributed by atoms with E-state index in [0.717, 1.165) is 16.7 Å². The number of aryl methyl sites for hydroxylation is 1. The number of halogens is 1. The van der Waals surface area contributed by atoms with Gasteiger partial charge in [-0.1, -0.05) is 12.1 Å². The highest BCUT2D eigenvalue weighted by Crippen LogP contribution is 2.30. The van der Waals surface area contributed by atoms with Gasteiger partial charge in [-0.15, -0.1) is 0 Å². The molecule has 0 saturated heterocycles. The van der Waals surface area contributed by atoms with Crippen molar-refractivity contribution >= 4 is 0 Å². The lowest BCUT2D eigenvalue weighted by atomic mass is 9.97. The number of ether oxygens (including phenoxy) is 2. The van der Waals surface area contributed by atoms with Gasteiger partial charge in [0.05, 0.1) is 20.3 Å². The zero-order valence-electron chi connectivity index (χ0n) is 12.4. The predicted octanol–water partition coefficient (Wildman–Crippen LogP) is 3.43. The first-order valence-corrected chi connectivity index (χ1v) is 6.70. The third-order valence-electron chi connectivity index (χ3n) is 3.47. The molecule has 0 fully saturated rings. The maximum Gasteiger partial charge on any atom is 0.160 e. The van der Waals surface area contributed by atoms with Crippen molar-refractivity contribution in [2.75, 3.05) is 14.2 Å². The van der Waals surface area contributed by atoms with Crippen LogP contribution in [0.25, 0.3) is 0 Å². The Bertz CT molecular complexity index is 625. The molecule has 2 aromatic carbocycles. The molecule has 1 unspecified atom stereocenters. The third-order valence-corrected chi connectivity index (χ3v) is 3.47. The molecule has 3 nitrogen and oxygen atoms in total. The molecular weight excluding hydrogens is 271 g/mol. The number of methoxy groups -OCH3 is 2. The molecule has 0 saturated carbocycles. The average Bonchev–Trinajstić information content (AvgIpc) is 2.46. The van der Waals surface area contributed by atoms with Crippen LogP contribution in [-0.2, 0) is 6.42 Å². The molecular formula is C17H19FO3. The molecule has 0 spiro atoms. The van der Waals surface area contributed by atoms with E-state index in [1.54, 1.807) is 33.3 Å². The molecule has 0 aromatic heterocycles. The molecule has 0 bridgehead atoms. The molecule has 1 N–H and O–H groups in total. The van der Waals surface area contributed by atoms with Gasteiger partial charge in [0.15, 0.2) is 11.5 Å². The molecule has 0 aliphatic rings. The Balaban J connectivity index is 2.21. The minimum Gasteiger partial charge on any atom is -0.493 e. The quantitative estimate of drug-likeness (QED) is 0.917. The van der Waals surface area contributed by atoms with Crippen LogP contribution in [0.5, 0.6) is 11.5 Å². The van der Waals surface area contributed by atoms with Gasteiger partial charge < -0.3 is 14.6 Å². The predicted molar refractivity (Wildman–Crippen MR) is 79.3 cm³/mol. The van der Waals surface area contributed by atoms with E-state index in [1.165, 1.54) is 12.1 Å². The van der Waals surface area contributed by atoms with E-state index >= 15 is 0 Å². The maximum atomic E-state index is 13.1. The summed E-state index contributed by atoms with van der Waals surface area (Å²) in [6.07, 6.45) is -0.268. The lowest BCUT2D eigenvalue weighted by Gasteiger charge is -2.15. The molecule has 0 amide bonds. The summed E-state index contributed by atoms with van der Waals surface area (Å²) in [5, 5.41) is 10.3. The topological polar surface area (TPSA) is 38.7 Å². The van der Waals surface area contributed by atoms with Gasteiger partial charge in [0.2, 0.25) is 0 Å². The number of rotatable bonds is 5. The van der Waals surface area contributed by atoms with Crippen molar-refractivity contribution in [1.82, 2.24) is 0 Å². The molecule has 4 heteroatoms. The second-order valence-electron chi connectivity index (χ2n) is 4.91. The van der Waals surface area contributed by atoms with Crippen molar-refractivity contribution in [3.8, 4) is 11.5 Å². The molecule has 2 aromatic rings. The van der Waals surface area contributed by atoms with Crippen LogP contribution in [0, 0.1) is 12.7 Å². The fourth-order valence-electron chi connectivity index (χ4n) is 2.35. The van der Waals surface area contributed by atoms with Crippen LogP contribution in [0.1, 0.15) is 22.8 Å². The first kappa shape index (κ1) is 15.3. The smallest absolute Gasteiger partial charge is 0.160 e. The SMILES string of the molecule is COc1ccc(CC(O)c2ccc(F)cc2C)cc1OC. The first-order valence-electron chi connectivity index (χ1n) is 6.70. The molecule has 0 heterocycles. The normalized spacial score (nSPS) is 12.0. The van der Waals surface area contributed by atoms with Crippen molar-refractivity contribution in [1.29, 1.82) is 0 Å². The van der Waals surface area contributed by atoms with Crippen molar-refractivity contribution in [3.05, 3.63) is 58.9 Å². The van der Waals surface area contributed by atoms with E-state index in [0.29, 0.717) is 17.9 Å². The average molecular weight is 290 g/mol. The van der Waals surface area contributed by atoms with Crippen LogP contribution in [0.4, 0.5) is 4.39 Å². The second kappa shape index (κ2) is 6.59. The standard InChI is InChI=1S/C17H19FO3/c1-11-8-13(18)5-6-14(11)15(19)9-12-4-7-16(20-2)17(10-12)21-3/h4-8,10,15,19H,9H2,1-3H3. The molecule has 112 valence electrons. The number of aliphatic hydroxyl groups is 1. The number of benzene rings is 2. The number of hydrogen-bond acceptors (Lipinski definition) is 3. The summed E-state index contributed by atoms with van der Waals surface area (Å²) in [6, 6.07) is 9.92. The highest BCUT2D eigenvalue weighted by molar-refractivity contribution is 5.43. The largest absolute Gasteiger partial charge is 0.493 e. The van der Waals surface area contributed by atoms with Crippen LogP contribution in [0.2, 0.25) is 0 Å². The fourth-order valence-corrected chi connectivity index (χ4v) is 2.35. The van der Waals surface area contributed by atoms with Crippen molar-refractivity contribution in [3.63, 3.8) is 0 Å². The highest BCUT2D eigenvalue weighted by Gasteiger charge is 2.13. The minimum atomic E-state index is -0.691. The Morgan fingerprint density at radius 3 is 2.38 bits per heavy atom. The molecule has 21 heavy (non-hydrogen) atoms. The van der Waals surface area contributed by atoms with Gasteiger partial charge in [0.25, 0.3) is 0 Å². The van der Waals surface area contributed by atoms with Gasteiger partial charge in [-0.3, -0.25) is 0 Å². The van der Waals surface area contributed by atoms with Crippen molar-refractivity contribution in [2.45, 2.75) is 19.4 Å². The van der Waals surface area contributed by atoms with Gasteiger partial charge in [0, 0.05) is 6.42 Å². The Hall–Kier alpha value is -2.07. The van der Waals surface area contributed by atoms with Crippen LogP contribution >= 0.6 is 0 Å². The van der Waals surface area contributed by atoms with E-state index in [9.17, 15) is 9.50 Å². The second-order valence-corrected chi connectivity index (χ2v) is 4.91. The first-order chi connectivity index (χ1) is 10.0. The monoisotopic (exact) mass is 290 g/mol. The van der Waals surface area contributed by atoms with E-state index < -0.39 is 6.10 Å². The van der Waals surface area contributed by atoms with Gasteiger partial charge in [-0.25, -0.2) is 4.39 Å². The fraction of sp³-hybridized carbons (Fsp3) is 0.294. The summed E-state index contributed by atoms with van der Waals surface area (Å²) in [7, 11) is 3.15. The minimum absolute atomic E-state index is 0.297. The van der Waals surface area contributed by atoms with Gasteiger partial charge in [-0.05, 0) is 47.9 Å². The summed E-state index contributed by atoms with van der Waals surface area (Å²) < 4.78 is 23.5. The van der Waals surface area contributed by atoms with E-state index in [2.05, 4.69) is 0 Å². The number of aliphatic hydroxyl groups excluding tert-OH is 1. The molecule has 0 radical (unpaired) electrons. The Morgan fingerprint density at radius 2 is 1.76 bits per heavy atom. The molecule has 2 rings (SSSR count). The maximum absolute atomic E-state index is 13.1. The lowest BCUT2D eigenvalue weighted by molar-refractivity contribution is 0.177. The van der Waals surface area contributed by atoms with Gasteiger partial charge >= 0.3 is 0 Å². The van der Waals surface area contributed by atoms with Crippen LogP contribution in [-0.4, -0.2) is 19.3 Å². The molecule has 0 aliphatic heterocycles. The van der Waals surface area contributed by atoms with Crippen LogP contribution in [0.3, 0.4) is 0 Å².